The number of benzene rings is 2. The summed E-state index contributed by atoms with van der Waals surface area (Å²) in [6.07, 6.45) is 3.91. The fourth-order valence-corrected chi connectivity index (χ4v) is 3.00. The molecule has 0 radical (unpaired) electrons. The molecular weight excluding hydrogens is 356 g/mol. The van der Waals surface area contributed by atoms with Crippen molar-refractivity contribution in [2.45, 2.75) is 20.3 Å². The Morgan fingerprint density at radius 3 is 2.68 bits per heavy atom. The highest BCUT2D eigenvalue weighted by atomic mass is 16.7. The van der Waals surface area contributed by atoms with Crippen LogP contribution in [0, 0.1) is 6.92 Å². The second kappa shape index (κ2) is 7.56. The van der Waals surface area contributed by atoms with E-state index in [0.29, 0.717) is 28.7 Å². The van der Waals surface area contributed by atoms with Crippen LogP contribution in [0.15, 0.2) is 48.8 Å². The highest BCUT2D eigenvalue weighted by Gasteiger charge is 2.15. The van der Waals surface area contributed by atoms with E-state index in [2.05, 4.69) is 33.6 Å². The number of nitrogens with one attached hydrogen (secondary N) is 2. The number of para-hydroxylation sites is 1. The fraction of sp³-hybridized carbons (Fsp3) is 0.190. The average Bonchev–Trinajstić information content (AvgIpc) is 3.18. The first kappa shape index (κ1) is 17.8. The predicted octanol–water partition coefficient (Wildman–Crippen LogP) is 4.07. The zero-order chi connectivity index (χ0) is 19.5. The topological polar surface area (TPSA) is 85.4 Å². The maximum absolute atomic E-state index is 12.5. The first-order chi connectivity index (χ1) is 13.6. The lowest BCUT2D eigenvalue weighted by atomic mass is 10.1. The smallest absolute Gasteiger partial charge is 0.258 e. The number of amides is 1. The van der Waals surface area contributed by atoms with Crippen LogP contribution in [0.4, 0.5) is 17.3 Å². The van der Waals surface area contributed by atoms with Crippen molar-refractivity contribution in [1.82, 2.24) is 9.97 Å². The van der Waals surface area contributed by atoms with Gasteiger partial charge in [0.05, 0.1) is 5.56 Å². The molecule has 2 aromatic carbocycles. The van der Waals surface area contributed by atoms with E-state index in [1.54, 1.807) is 18.2 Å². The molecule has 0 atom stereocenters. The number of aryl methyl sites for hydroxylation is 2. The Morgan fingerprint density at radius 2 is 1.89 bits per heavy atom. The Morgan fingerprint density at radius 1 is 1.11 bits per heavy atom. The van der Waals surface area contributed by atoms with Crippen molar-refractivity contribution in [3.05, 3.63) is 65.5 Å². The third kappa shape index (κ3) is 3.59. The third-order valence-electron chi connectivity index (χ3n) is 4.52. The van der Waals surface area contributed by atoms with E-state index in [-0.39, 0.29) is 12.7 Å². The lowest BCUT2D eigenvalue weighted by molar-refractivity contribution is 0.102. The Hall–Kier alpha value is -3.61. The molecule has 0 spiro atoms. The number of aromatic nitrogens is 2. The molecule has 0 aliphatic carbocycles. The van der Waals surface area contributed by atoms with Crippen LogP contribution in [0.25, 0.3) is 0 Å². The van der Waals surface area contributed by atoms with Gasteiger partial charge in [0.15, 0.2) is 11.5 Å². The number of rotatable bonds is 5. The van der Waals surface area contributed by atoms with E-state index >= 15 is 0 Å². The van der Waals surface area contributed by atoms with E-state index in [1.807, 2.05) is 19.1 Å². The number of hydrogen-bond acceptors (Lipinski definition) is 6. The molecule has 1 aliphatic heterocycles. The Labute approximate surface area is 162 Å². The van der Waals surface area contributed by atoms with E-state index in [9.17, 15) is 4.79 Å². The molecule has 1 amide bonds. The summed E-state index contributed by atoms with van der Waals surface area (Å²) in [5.41, 5.74) is 4.29. The van der Waals surface area contributed by atoms with Crippen LogP contribution in [-0.4, -0.2) is 22.7 Å². The molecule has 142 valence electrons. The lowest BCUT2D eigenvalue weighted by Gasteiger charge is -2.13. The molecule has 28 heavy (non-hydrogen) atoms. The SMILES string of the molecule is CCc1cccc(C)c1Nc1ncc(C(=O)Nc2ccc3c(c2)OCO3)cn1. The van der Waals surface area contributed by atoms with Crippen LogP contribution in [0.2, 0.25) is 0 Å². The number of ether oxygens (including phenoxy) is 2. The van der Waals surface area contributed by atoms with Crippen molar-refractivity contribution < 1.29 is 14.3 Å². The van der Waals surface area contributed by atoms with Crippen LogP contribution < -0.4 is 20.1 Å². The average molecular weight is 376 g/mol. The van der Waals surface area contributed by atoms with Gasteiger partial charge in [-0.05, 0) is 36.6 Å². The zero-order valence-electron chi connectivity index (χ0n) is 15.7. The first-order valence-electron chi connectivity index (χ1n) is 9.02. The number of hydrogen-bond donors (Lipinski definition) is 2. The van der Waals surface area contributed by atoms with Gasteiger partial charge in [-0.15, -0.1) is 0 Å². The lowest BCUT2D eigenvalue weighted by Crippen LogP contribution is -2.13. The minimum Gasteiger partial charge on any atom is -0.454 e. The number of carbonyl (C=O) groups excluding carboxylic acids is 1. The Bertz CT molecular complexity index is 1020. The number of carbonyl (C=O) groups is 1. The minimum atomic E-state index is -0.296. The summed E-state index contributed by atoms with van der Waals surface area (Å²) >= 11 is 0. The summed E-state index contributed by atoms with van der Waals surface area (Å²) in [5, 5.41) is 6.06. The zero-order valence-corrected chi connectivity index (χ0v) is 15.7. The standard InChI is InChI=1S/C21H20N4O3/c1-3-14-6-4-5-13(2)19(14)25-21-22-10-15(11-23-21)20(26)24-16-7-8-17-18(9-16)28-12-27-17/h4-11H,3,12H2,1-2H3,(H,24,26)(H,22,23,25). The Balaban J connectivity index is 1.46. The van der Waals surface area contributed by atoms with Crippen molar-refractivity contribution in [3.63, 3.8) is 0 Å². The van der Waals surface area contributed by atoms with E-state index in [4.69, 9.17) is 9.47 Å². The van der Waals surface area contributed by atoms with Gasteiger partial charge in [-0.2, -0.15) is 0 Å². The van der Waals surface area contributed by atoms with Crippen LogP contribution in [0.5, 0.6) is 11.5 Å². The van der Waals surface area contributed by atoms with Crippen molar-refractivity contribution in [3.8, 4) is 11.5 Å². The number of anilines is 3. The highest BCUT2D eigenvalue weighted by Crippen LogP contribution is 2.34. The molecule has 1 aromatic heterocycles. The third-order valence-corrected chi connectivity index (χ3v) is 4.52. The summed E-state index contributed by atoms with van der Waals surface area (Å²) in [6, 6.07) is 11.4. The summed E-state index contributed by atoms with van der Waals surface area (Å²) in [5.74, 6) is 1.43. The normalized spacial score (nSPS) is 11.9. The molecule has 0 bridgehead atoms. The van der Waals surface area contributed by atoms with Crippen LogP contribution in [-0.2, 0) is 6.42 Å². The molecular formula is C21H20N4O3. The number of fused-ring (bicyclic) bond motifs is 1. The van der Waals surface area contributed by atoms with Gasteiger partial charge in [-0.25, -0.2) is 9.97 Å². The molecule has 0 saturated carbocycles. The largest absolute Gasteiger partial charge is 0.454 e. The van der Waals surface area contributed by atoms with Gasteiger partial charge in [-0.1, -0.05) is 25.1 Å². The van der Waals surface area contributed by atoms with Crippen LogP contribution in [0.3, 0.4) is 0 Å². The monoisotopic (exact) mass is 376 g/mol. The van der Waals surface area contributed by atoms with Gasteiger partial charge in [0.2, 0.25) is 12.7 Å². The molecule has 2 N–H and O–H groups in total. The van der Waals surface area contributed by atoms with Crippen LogP contribution in [0.1, 0.15) is 28.4 Å². The highest BCUT2D eigenvalue weighted by molar-refractivity contribution is 6.04. The quantitative estimate of drug-likeness (QED) is 0.698. The van der Waals surface area contributed by atoms with Gasteiger partial charge in [0.1, 0.15) is 0 Å². The van der Waals surface area contributed by atoms with Crippen LogP contribution >= 0.6 is 0 Å². The van der Waals surface area contributed by atoms with Gasteiger partial charge < -0.3 is 20.1 Å². The van der Waals surface area contributed by atoms with Crippen molar-refractivity contribution in [2.24, 2.45) is 0 Å². The van der Waals surface area contributed by atoms with Gasteiger partial charge in [0, 0.05) is 29.8 Å². The second-order valence-electron chi connectivity index (χ2n) is 6.41. The molecule has 2 heterocycles. The van der Waals surface area contributed by atoms with Crippen molar-refractivity contribution in [1.29, 1.82) is 0 Å². The summed E-state index contributed by atoms with van der Waals surface area (Å²) in [4.78, 5) is 21.0. The summed E-state index contributed by atoms with van der Waals surface area (Å²) < 4.78 is 10.6. The number of nitrogens with zero attached hydrogens (tertiary/aromatic N) is 2. The van der Waals surface area contributed by atoms with E-state index in [0.717, 1.165) is 17.7 Å². The molecule has 4 rings (SSSR count). The minimum absolute atomic E-state index is 0.190. The molecule has 7 heteroatoms. The van der Waals surface area contributed by atoms with Crippen molar-refractivity contribution in [2.75, 3.05) is 17.4 Å². The molecule has 3 aromatic rings. The molecule has 0 unspecified atom stereocenters. The molecule has 0 saturated heterocycles. The molecule has 0 fully saturated rings. The van der Waals surface area contributed by atoms with E-state index < -0.39 is 0 Å². The maximum atomic E-state index is 12.5. The predicted molar refractivity (Wildman–Crippen MR) is 106 cm³/mol. The summed E-state index contributed by atoms with van der Waals surface area (Å²) in [7, 11) is 0. The van der Waals surface area contributed by atoms with Crippen molar-refractivity contribution >= 4 is 23.2 Å². The summed E-state index contributed by atoms with van der Waals surface area (Å²) in [6.45, 7) is 4.33. The maximum Gasteiger partial charge on any atom is 0.258 e. The first-order valence-corrected chi connectivity index (χ1v) is 9.02. The molecule has 7 nitrogen and oxygen atoms in total. The fourth-order valence-electron chi connectivity index (χ4n) is 3.00. The van der Waals surface area contributed by atoms with E-state index in [1.165, 1.54) is 18.0 Å². The Kier molecular flexibility index (Phi) is 4.80. The van der Waals surface area contributed by atoms with Gasteiger partial charge >= 0.3 is 0 Å². The van der Waals surface area contributed by atoms with Gasteiger partial charge in [-0.3, -0.25) is 4.79 Å². The second-order valence-corrected chi connectivity index (χ2v) is 6.41. The van der Waals surface area contributed by atoms with Gasteiger partial charge in [0.25, 0.3) is 5.91 Å². The molecule has 1 aliphatic rings.